The molecule has 2 saturated heterocycles. The highest BCUT2D eigenvalue weighted by atomic mass is 35.5. The van der Waals surface area contributed by atoms with Crippen LogP contribution in [0.15, 0.2) is 36.4 Å². The smallest absolute Gasteiger partial charge is 0.123 e. The summed E-state index contributed by atoms with van der Waals surface area (Å²) in [6.45, 7) is 5.86. The average Bonchev–Trinajstić information content (AvgIpc) is 3.24. The van der Waals surface area contributed by atoms with E-state index in [2.05, 4.69) is 22.3 Å². The Bertz CT molecular complexity index is 649. The molecule has 1 aromatic carbocycles. The van der Waals surface area contributed by atoms with Gasteiger partial charge in [0, 0.05) is 29.4 Å². The van der Waals surface area contributed by atoms with Gasteiger partial charge in [0.15, 0.2) is 0 Å². The van der Waals surface area contributed by atoms with Crippen LogP contribution in [0.5, 0.6) is 0 Å². The van der Waals surface area contributed by atoms with Gasteiger partial charge in [-0.25, -0.2) is 4.39 Å². The van der Waals surface area contributed by atoms with Gasteiger partial charge in [-0.15, -0.1) is 23.7 Å². The number of thiophene rings is 1. The van der Waals surface area contributed by atoms with Gasteiger partial charge in [-0.05, 0) is 61.2 Å². The first-order valence-electron chi connectivity index (χ1n) is 8.00. The van der Waals surface area contributed by atoms with Crippen LogP contribution in [0, 0.1) is 11.2 Å². The summed E-state index contributed by atoms with van der Waals surface area (Å²) in [5.74, 6) is -0.173. The molecule has 0 bridgehead atoms. The first-order valence-corrected chi connectivity index (χ1v) is 8.82. The lowest BCUT2D eigenvalue weighted by Crippen LogP contribution is -2.28. The van der Waals surface area contributed by atoms with Crippen molar-refractivity contribution in [1.82, 2.24) is 10.2 Å². The Morgan fingerprint density at radius 2 is 1.96 bits per heavy atom. The van der Waals surface area contributed by atoms with Crippen molar-refractivity contribution < 1.29 is 4.39 Å². The van der Waals surface area contributed by atoms with Gasteiger partial charge in [0.2, 0.25) is 0 Å². The van der Waals surface area contributed by atoms with Crippen LogP contribution in [0.25, 0.3) is 10.4 Å². The summed E-state index contributed by atoms with van der Waals surface area (Å²) in [5.41, 5.74) is 1.65. The van der Waals surface area contributed by atoms with Crippen LogP contribution in [0.1, 0.15) is 17.7 Å². The van der Waals surface area contributed by atoms with Crippen molar-refractivity contribution in [2.45, 2.75) is 19.4 Å². The second-order valence-electron chi connectivity index (χ2n) is 6.66. The number of rotatable bonds is 3. The number of benzene rings is 1. The van der Waals surface area contributed by atoms with Crippen LogP contribution < -0.4 is 5.32 Å². The summed E-state index contributed by atoms with van der Waals surface area (Å²) in [5, 5.41) is 3.51. The van der Waals surface area contributed by atoms with Gasteiger partial charge in [-0.3, -0.25) is 4.90 Å². The van der Waals surface area contributed by atoms with Gasteiger partial charge < -0.3 is 5.32 Å². The third kappa shape index (κ3) is 3.61. The fourth-order valence-electron chi connectivity index (χ4n) is 3.76. The molecule has 3 heterocycles. The molecule has 1 unspecified atom stereocenters. The molecule has 2 nitrogen and oxygen atoms in total. The molecule has 2 aliphatic heterocycles. The lowest BCUT2D eigenvalue weighted by Gasteiger charge is -2.22. The van der Waals surface area contributed by atoms with E-state index in [0.29, 0.717) is 5.41 Å². The summed E-state index contributed by atoms with van der Waals surface area (Å²) < 4.78 is 13.0. The van der Waals surface area contributed by atoms with Gasteiger partial charge in [-0.2, -0.15) is 0 Å². The van der Waals surface area contributed by atoms with Gasteiger partial charge >= 0.3 is 0 Å². The maximum Gasteiger partial charge on any atom is 0.123 e. The zero-order valence-electron chi connectivity index (χ0n) is 13.1. The molecule has 1 N–H and O–H groups in total. The molecule has 23 heavy (non-hydrogen) atoms. The third-order valence-corrected chi connectivity index (χ3v) is 6.14. The Balaban J connectivity index is 0.00000156. The summed E-state index contributed by atoms with van der Waals surface area (Å²) in [4.78, 5) is 5.22. The van der Waals surface area contributed by atoms with Crippen LogP contribution in [0.3, 0.4) is 0 Å². The van der Waals surface area contributed by atoms with Crippen molar-refractivity contribution in [3.8, 4) is 10.4 Å². The molecule has 0 aliphatic carbocycles. The Morgan fingerprint density at radius 1 is 1.13 bits per heavy atom. The van der Waals surface area contributed by atoms with E-state index in [-0.39, 0.29) is 18.2 Å². The van der Waals surface area contributed by atoms with Crippen molar-refractivity contribution >= 4 is 23.7 Å². The molecule has 2 aliphatic rings. The summed E-state index contributed by atoms with van der Waals surface area (Å²) in [7, 11) is 0. The van der Waals surface area contributed by atoms with Crippen LogP contribution in [0.2, 0.25) is 0 Å². The Morgan fingerprint density at radius 3 is 2.70 bits per heavy atom. The molecular weight excluding hydrogens is 331 g/mol. The lowest BCUT2D eigenvalue weighted by atomic mass is 9.87. The minimum Gasteiger partial charge on any atom is -0.316 e. The Kier molecular flexibility index (Phi) is 5.07. The second-order valence-corrected chi connectivity index (χ2v) is 7.83. The molecule has 0 saturated carbocycles. The summed E-state index contributed by atoms with van der Waals surface area (Å²) in [6, 6.07) is 11.2. The lowest BCUT2D eigenvalue weighted by molar-refractivity contribution is 0.270. The van der Waals surface area contributed by atoms with Gasteiger partial charge in [-0.1, -0.05) is 12.1 Å². The molecule has 4 rings (SSSR count). The van der Waals surface area contributed by atoms with E-state index < -0.39 is 0 Å². The Hall–Kier alpha value is -0.940. The van der Waals surface area contributed by atoms with Crippen LogP contribution >= 0.6 is 23.7 Å². The molecular formula is C18H22ClFN2S. The zero-order valence-corrected chi connectivity index (χ0v) is 14.7. The quantitative estimate of drug-likeness (QED) is 0.892. The second kappa shape index (κ2) is 6.89. The van der Waals surface area contributed by atoms with E-state index in [1.807, 2.05) is 23.5 Å². The van der Waals surface area contributed by atoms with Crippen molar-refractivity contribution in [3.05, 3.63) is 47.1 Å². The van der Waals surface area contributed by atoms with Gasteiger partial charge in [0.1, 0.15) is 5.82 Å². The maximum atomic E-state index is 13.0. The number of nitrogens with zero attached hydrogens (tertiary/aromatic N) is 1. The minimum atomic E-state index is -0.173. The highest BCUT2D eigenvalue weighted by molar-refractivity contribution is 7.15. The van der Waals surface area contributed by atoms with E-state index in [1.165, 1.54) is 60.9 Å². The first-order chi connectivity index (χ1) is 10.7. The molecule has 0 radical (unpaired) electrons. The molecule has 124 valence electrons. The van der Waals surface area contributed by atoms with E-state index in [1.54, 1.807) is 0 Å². The van der Waals surface area contributed by atoms with Crippen molar-refractivity contribution in [3.63, 3.8) is 0 Å². The fraction of sp³-hybridized carbons (Fsp3) is 0.444. The number of likely N-dealkylation sites (tertiary alicyclic amines) is 1. The highest BCUT2D eigenvalue weighted by Gasteiger charge is 2.40. The van der Waals surface area contributed by atoms with Crippen molar-refractivity contribution in [1.29, 1.82) is 0 Å². The van der Waals surface area contributed by atoms with Crippen molar-refractivity contribution in [2.75, 3.05) is 26.2 Å². The molecule has 1 aromatic heterocycles. The predicted octanol–water partition coefficient (Wildman–Crippen LogP) is 4.16. The standard InChI is InChI=1S/C18H21FN2S.ClH/c19-15-3-1-14(2-4-15)17-6-5-16(22-17)11-21-10-8-18(13-21)7-9-20-12-18;/h1-6,20H,7-13H2;1H. The SMILES string of the molecule is Cl.Fc1ccc(-c2ccc(CN3CCC4(CCNC4)C3)s2)cc1. The molecule has 2 fully saturated rings. The monoisotopic (exact) mass is 352 g/mol. The minimum absolute atomic E-state index is 0. The third-order valence-electron chi connectivity index (χ3n) is 5.02. The van der Waals surface area contributed by atoms with E-state index >= 15 is 0 Å². The van der Waals surface area contributed by atoms with E-state index in [9.17, 15) is 4.39 Å². The molecule has 0 amide bonds. The van der Waals surface area contributed by atoms with Crippen molar-refractivity contribution in [2.24, 2.45) is 5.41 Å². The number of hydrogen-bond donors (Lipinski definition) is 1. The van der Waals surface area contributed by atoms with Gasteiger partial charge in [0.05, 0.1) is 0 Å². The van der Waals surface area contributed by atoms with E-state index in [4.69, 9.17) is 0 Å². The van der Waals surface area contributed by atoms with Gasteiger partial charge in [0.25, 0.3) is 0 Å². The van der Waals surface area contributed by atoms with E-state index in [0.717, 1.165) is 12.1 Å². The first kappa shape index (κ1) is 16.9. The molecule has 2 aromatic rings. The summed E-state index contributed by atoms with van der Waals surface area (Å²) >= 11 is 1.83. The zero-order chi connectivity index (χ0) is 15.0. The number of hydrogen-bond acceptors (Lipinski definition) is 3. The van der Waals surface area contributed by atoms with Crippen LogP contribution in [0.4, 0.5) is 4.39 Å². The number of halogens is 2. The Labute approximate surface area is 147 Å². The molecule has 1 spiro atoms. The maximum absolute atomic E-state index is 13.0. The molecule has 5 heteroatoms. The summed E-state index contributed by atoms with van der Waals surface area (Å²) in [6.07, 6.45) is 2.66. The fourth-order valence-corrected chi connectivity index (χ4v) is 4.81. The topological polar surface area (TPSA) is 15.3 Å². The largest absolute Gasteiger partial charge is 0.316 e. The number of nitrogens with one attached hydrogen (secondary N) is 1. The highest BCUT2D eigenvalue weighted by Crippen LogP contribution is 2.37. The average molecular weight is 353 g/mol. The van der Waals surface area contributed by atoms with Crippen LogP contribution in [-0.4, -0.2) is 31.1 Å². The molecule has 1 atom stereocenters. The van der Waals surface area contributed by atoms with Crippen LogP contribution in [-0.2, 0) is 6.54 Å². The normalized spacial score (nSPS) is 24.2. The predicted molar refractivity (Wildman–Crippen MR) is 96.8 cm³/mol.